The van der Waals surface area contributed by atoms with Crippen LogP contribution in [0.3, 0.4) is 0 Å². The standard InChI is InChI=1S/C11H20N4O3S/c1-12-8-10-2-5-15(6-3-10)19(16,17)13-9-11-4-7-18-14-11/h4,7,10,12-13H,2-3,5-6,8-9H2,1H3. The van der Waals surface area contributed by atoms with Gasteiger partial charge in [-0.3, -0.25) is 0 Å². The molecule has 0 atom stereocenters. The molecule has 0 amide bonds. The van der Waals surface area contributed by atoms with E-state index >= 15 is 0 Å². The van der Waals surface area contributed by atoms with Gasteiger partial charge in [-0.1, -0.05) is 5.16 Å². The summed E-state index contributed by atoms with van der Waals surface area (Å²) in [5.74, 6) is 0.562. The lowest BCUT2D eigenvalue weighted by Crippen LogP contribution is -2.45. The molecule has 8 heteroatoms. The Labute approximate surface area is 113 Å². The van der Waals surface area contributed by atoms with Gasteiger partial charge in [0.2, 0.25) is 0 Å². The monoisotopic (exact) mass is 288 g/mol. The molecule has 0 bridgehead atoms. The van der Waals surface area contributed by atoms with Crippen LogP contribution in [0.1, 0.15) is 18.5 Å². The highest BCUT2D eigenvalue weighted by molar-refractivity contribution is 7.87. The van der Waals surface area contributed by atoms with Crippen molar-refractivity contribution in [1.29, 1.82) is 0 Å². The van der Waals surface area contributed by atoms with Crippen molar-refractivity contribution in [2.75, 3.05) is 26.7 Å². The molecule has 108 valence electrons. The first-order valence-corrected chi connectivity index (χ1v) is 7.84. The Kier molecular flexibility index (Phi) is 4.92. The smallest absolute Gasteiger partial charge is 0.279 e. The topological polar surface area (TPSA) is 87.5 Å². The zero-order valence-corrected chi connectivity index (χ0v) is 11.8. The van der Waals surface area contributed by atoms with Gasteiger partial charge in [-0.05, 0) is 32.4 Å². The number of hydrogen-bond donors (Lipinski definition) is 2. The Morgan fingerprint density at radius 3 is 2.79 bits per heavy atom. The molecule has 2 N–H and O–H groups in total. The molecule has 2 rings (SSSR count). The van der Waals surface area contributed by atoms with Crippen molar-refractivity contribution >= 4 is 10.2 Å². The van der Waals surface area contributed by atoms with Crippen LogP contribution < -0.4 is 10.0 Å². The fourth-order valence-corrected chi connectivity index (χ4v) is 3.43. The summed E-state index contributed by atoms with van der Waals surface area (Å²) in [6, 6.07) is 1.64. The van der Waals surface area contributed by atoms with Crippen LogP contribution in [-0.2, 0) is 16.8 Å². The normalized spacial score (nSPS) is 18.8. The second-order valence-corrected chi connectivity index (χ2v) is 6.47. The number of nitrogens with zero attached hydrogens (tertiary/aromatic N) is 2. The second-order valence-electron chi connectivity index (χ2n) is 4.72. The fraction of sp³-hybridized carbons (Fsp3) is 0.727. The van der Waals surface area contributed by atoms with Gasteiger partial charge in [-0.15, -0.1) is 0 Å². The van der Waals surface area contributed by atoms with Gasteiger partial charge in [-0.2, -0.15) is 17.4 Å². The van der Waals surface area contributed by atoms with E-state index in [0.717, 1.165) is 19.4 Å². The molecule has 0 saturated carbocycles. The summed E-state index contributed by atoms with van der Waals surface area (Å²) < 4.78 is 32.9. The van der Waals surface area contributed by atoms with Crippen molar-refractivity contribution in [3.8, 4) is 0 Å². The number of aromatic nitrogens is 1. The highest BCUT2D eigenvalue weighted by atomic mass is 32.2. The Morgan fingerprint density at radius 1 is 1.47 bits per heavy atom. The van der Waals surface area contributed by atoms with E-state index < -0.39 is 10.2 Å². The molecule has 0 aliphatic carbocycles. The Bertz CT molecular complexity index is 466. The van der Waals surface area contributed by atoms with Crippen LogP contribution in [0.4, 0.5) is 0 Å². The molecule has 2 heterocycles. The van der Waals surface area contributed by atoms with Gasteiger partial charge in [0.1, 0.15) is 6.26 Å². The third-order valence-corrected chi connectivity index (χ3v) is 4.89. The first-order valence-electron chi connectivity index (χ1n) is 6.40. The molecule has 19 heavy (non-hydrogen) atoms. The van der Waals surface area contributed by atoms with Gasteiger partial charge in [0.25, 0.3) is 10.2 Å². The summed E-state index contributed by atoms with van der Waals surface area (Å²) in [6.07, 6.45) is 3.21. The second kappa shape index (κ2) is 6.47. The van der Waals surface area contributed by atoms with Crippen molar-refractivity contribution in [2.24, 2.45) is 5.92 Å². The number of rotatable bonds is 6. The van der Waals surface area contributed by atoms with E-state index in [0.29, 0.717) is 24.7 Å². The summed E-state index contributed by atoms with van der Waals surface area (Å²) in [5.41, 5.74) is 0.577. The Morgan fingerprint density at radius 2 is 2.21 bits per heavy atom. The first kappa shape index (κ1) is 14.4. The van der Waals surface area contributed by atoms with Crippen molar-refractivity contribution in [2.45, 2.75) is 19.4 Å². The van der Waals surface area contributed by atoms with Crippen molar-refractivity contribution < 1.29 is 12.9 Å². The average molecular weight is 288 g/mol. The lowest BCUT2D eigenvalue weighted by Gasteiger charge is -2.30. The molecule has 0 spiro atoms. The van der Waals surface area contributed by atoms with Crippen LogP contribution >= 0.6 is 0 Å². The van der Waals surface area contributed by atoms with Gasteiger partial charge in [0.15, 0.2) is 0 Å². The van der Waals surface area contributed by atoms with Crippen molar-refractivity contribution in [3.63, 3.8) is 0 Å². The van der Waals surface area contributed by atoms with E-state index in [1.54, 1.807) is 6.07 Å². The summed E-state index contributed by atoms with van der Waals surface area (Å²) in [4.78, 5) is 0. The minimum absolute atomic E-state index is 0.162. The van der Waals surface area contributed by atoms with E-state index in [9.17, 15) is 8.42 Å². The van der Waals surface area contributed by atoms with E-state index in [1.807, 2.05) is 7.05 Å². The Hall–Kier alpha value is -0.960. The predicted octanol–water partition coefficient (Wildman–Crippen LogP) is -0.0596. The van der Waals surface area contributed by atoms with Crippen LogP contribution in [0.2, 0.25) is 0 Å². The zero-order chi connectivity index (χ0) is 13.7. The summed E-state index contributed by atoms with van der Waals surface area (Å²) in [7, 11) is -1.50. The van der Waals surface area contributed by atoms with E-state index in [2.05, 4.69) is 19.7 Å². The van der Waals surface area contributed by atoms with Gasteiger partial charge >= 0.3 is 0 Å². The predicted molar refractivity (Wildman–Crippen MR) is 70.5 cm³/mol. The molecule has 0 aromatic carbocycles. The maximum Gasteiger partial charge on any atom is 0.279 e. The van der Waals surface area contributed by atoms with Crippen LogP contribution in [-0.4, -0.2) is 44.6 Å². The number of piperidine rings is 1. The van der Waals surface area contributed by atoms with E-state index in [4.69, 9.17) is 0 Å². The largest absolute Gasteiger partial charge is 0.364 e. The molecule has 0 radical (unpaired) electrons. The molecule has 0 unspecified atom stereocenters. The number of hydrogen-bond acceptors (Lipinski definition) is 5. The quantitative estimate of drug-likeness (QED) is 0.766. The molecular formula is C11H20N4O3S. The minimum atomic E-state index is -3.42. The lowest BCUT2D eigenvalue weighted by molar-refractivity contribution is 0.268. The number of nitrogens with one attached hydrogen (secondary N) is 2. The van der Waals surface area contributed by atoms with Crippen molar-refractivity contribution in [3.05, 3.63) is 18.0 Å². The van der Waals surface area contributed by atoms with Crippen LogP contribution in [0.25, 0.3) is 0 Å². The maximum atomic E-state index is 12.1. The van der Waals surface area contributed by atoms with E-state index in [-0.39, 0.29) is 6.54 Å². The zero-order valence-electron chi connectivity index (χ0n) is 11.0. The highest BCUT2D eigenvalue weighted by Gasteiger charge is 2.27. The molecule has 1 aromatic rings. The summed E-state index contributed by atoms with van der Waals surface area (Å²) in [5, 5.41) is 6.80. The maximum absolute atomic E-state index is 12.1. The Balaban J connectivity index is 1.83. The summed E-state index contributed by atoms with van der Waals surface area (Å²) >= 11 is 0. The average Bonchev–Trinajstić information content (AvgIpc) is 2.91. The molecule has 1 aromatic heterocycles. The van der Waals surface area contributed by atoms with Gasteiger partial charge in [0.05, 0.1) is 12.2 Å². The van der Waals surface area contributed by atoms with Crippen LogP contribution in [0.5, 0.6) is 0 Å². The van der Waals surface area contributed by atoms with Gasteiger partial charge in [0, 0.05) is 19.2 Å². The van der Waals surface area contributed by atoms with Gasteiger partial charge in [-0.25, -0.2) is 0 Å². The highest BCUT2D eigenvalue weighted by Crippen LogP contribution is 2.18. The SMILES string of the molecule is CNCC1CCN(S(=O)(=O)NCc2ccon2)CC1. The fourth-order valence-electron chi connectivity index (χ4n) is 2.23. The molecular weight excluding hydrogens is 268 g/mol. The first-order chi connectivity index (χ1) is 9.12. The molecule has 7 nitrogen and oxygen atoms in total. The molecule has 1 aliphatic rings. The van der Waals surface area contributed by atoms with Crippen LogP contribution in [0.15, 0.2) is 16.9 Å². The molecule has 1 fully saturated rings. The summed E-state index contributed by atoms with van der Waals surface area (Å²) in [6.45, 7) is 2.25. The minimum Gasteiger partial charge on any atom is -0.364 e. The molecule has 1 aliphatic heterocycles. The van der Waals surface area contributed by atoms with Crippen LogP contribution in [0, 0.1) is 5.92 Å². The lowest BCUT2D eigenvalue weighted by atomic mass is 9.98. The third kappa shape index (κ3) is 4.00. The van der Waals surface area contributed by atoms with E-state index in [1.165, 1.54) is 10.6 Å². The molecule has 1 saturated heterocycles. The van der Waals surface area contributed by atoms with Crippen molar-refractivity contribution in [1.82, 2.24) is 19.5 Å². The van der Waals surface area contributed by atoms with Gasteiger partial charge < -0.3 is 9.84 Å². The third-order valence-electron chi connectivity index (χ3n) is 3.33.